The number of thioether (sulfide) groups is 1. The highest BCUT2D eigenvalue weighted by molar-refractivity contribution is 7.99. The number of aromatic nitrogens is 2. The molecule has 0 aliphatic heterocycles. The van der Waals surface area contributed by atoms with Crippen molar-refractivity contribution in [2.75, 3.05) is 11.1 Å². The number of benzene rings is 3. The van der Waals surface area contributed by atoms with E-state index in [4.69, 9.17) is 21.0 Å². The van der Waals surface area contributed by atoms with Crippen molar-refractivity contribution in [3.05, 3.63) is 93.7 Å². The average Bonchev–Trinajstić information content (AvgIpc) is 3.18. The minimum Gasteiger partial charge on any atom is -0.448 e. The number of carbonyl (C=O) groups is 1. The van der Waals surface area contributed by atoms with Gasteiger partial charge >= 0.3 is 5.56 Å². The zero-order chi connectivity index (χ0) is 22.9. The van der Waals surface area contributed by atoms with E-state index < -0.39 is 0 Å². The van der Waals surface area contributed by atoms with Gasteiger partial charge in [-0.3, -0.25) is 14.2 Å². The van der Waals surface area contributed by atoms with Crippen LogP contribution in [0.1, 0.15) is 5.56 Å². The number of carbonyl (C=O) groups excluding carboxylic acids is 1. The van der Waals surface area contributed by atoms with Gasteiger partial charge in [-0.2, -0.15) is 0 Å². The molecule has 1 N–H and O–H groups in total. The molecule has 5 aromatic rings. The van der Waals surface area contributed by atoms with Gasteiger partial charge in [-0.1, -0.05) is 59.3 Å². The quantitative estimate of drug-likeness (QED) is 0.256. The number of anilines is 1. The predicted octanol–water partition coefficient (Wildman–Crippen LogP) is 5.82. The third kappa shape index (κ3) is 4.25. The van der Waals surface area contributed by atoms with E-state index in [-0.39, 0.29) is 22.8 Å². The summed E-state index contributed by atoms with van der Waals surface area (Å²) < 4.78 is 7.33. The second kappa shape index (κ2) is 8.77. The van der Waals surface area contributed by atoms with Crippen molar-refractivity contribution in [3.8, 4) is 5.69 Å². The van der Waals surface area contributed by atoms with Crippen molar-refractivity contribution in [2.24, 2.45) is 0 Å². The molecule has 6 nitrogen and oxygen atoms in total. The highest BCUT2D eigenvalue weighted by atomic mass is 35.5. The fourth-order valence-electron chi connectivity index (χ4n) is 3.53. The van der Waals surface area contributed by atoms with Gasteiger partial charge in [0.2, 0.25) is 11.5 Å². The molecule has 8 heteroatoms. The lowest BCUT2D eigenvalue weighted by Gasteiger charge is -2.12. The molecule has 1 amide bonds. The van der Waals surface area contributed by atoms with Gasteiger partial charge in [0.25, 0.3) is 0 Å². The normalized spacial score (nSPS) is 11.2. The summed E-state index contributed by atoms with van der Waals surface area (Å²) in [4.78, 5) is 30.8. The number of amides is 1. The topological polar surface area (TPSA) is 77.1 Å². The highest BCUT2D eigenvalue weighted by Gasteiger charge is 2.19. The summed E-state index contributed by atoms with van der Waals surface area (Å²) in [6.07, 6.45) is 0. The number of aryl methyl sites for hydroxylation is 1. The number of furan rings is 1. The van der Waals surface area contributed by atoms with Gasteiger partial charge in [0.15, 0.2) is 5.16 Å². The molecule has 2 heterocycles. The summed E-state index contributed by atoms with van der Waals surface area (Å²) in [5.41, 5.74) is 3.26. The summed E-state index contributed by atoms with van der Waals surface area (Å²) in [6.45, 7) is 1.98. The van der Waals surface area contributed by atoms with E-state index in [1.807, 2.05) is 49.4 Å². The van der Waals surface area contributed by atoms with Crippen LogP contribution in [0.25, 0.3) is 27.8 Å². The Hall–Kier alpha value is -3.55. The molecule has 2 aromatic heterocycles. The van der Waals surface area contributed by atoms with Crippen LogP contribution >= 0.6 is 23.4 Å². The lowest BCUT2D eigenvalue weighted by Crippen LogP contribution is -2.22. The molecule has 3 aromatic carbocycles. The molecule has 0 spiro atoms. The SMILES string of the molecule is Cc1ccc(-n2c(SCC(=O)Nc3cccc(Cl)c3)nc3c(oc4ccccc43)c2=O)cc1. The van der Waals surface area contributed by atoms with Gasteiger partial charge in [0.1, 0.15) is 11.1 Å². The number of rotatable bonds is 5. The summed E-state index contributed by atoms with van der Waals surface area (Å²) in [6, 6.07) is 21.9. The van der Waals surface area contributed by atoms with Crippen LogP contribution in [-0.4, -0.2) is 21.2 Å². The smallest absolute Gasteiger partial charge is 0.302 e. The fourth-order valence-corrected chi connectivity index (χ4v) is 4.53. The molecule has 33 heavy (non-hydrogen) atoms. The van der Waals surface area contributed by atoms with Gasteiger partial charge in [-0.25, -0.2) is 4.98 Å². The zero-order valence-corrected chi connectivity index (χ0v) is 19.1. The van der Waals surface area contributed by atoms with Crippen LogP contribution in [0.5, 0.6) is 0 Å². The van der Waals surface area contributed by atoms with Gasteiger partial charge in [-0.15, -0.1) is 0 Å². The van der Waals surface area contributed by atoms with Crippen molar-refractivity contribution in [1.29, 1.82) is 0 Å². The number of nitrogens with zero attached hydrogens (tertiary/aromatic N) is 2. The van der Waals surface area contributed by atoms with Crippen molar-refractivity contribution in [1.82, 2.24) is 9.55 Å². The van der Waals surface area contributed by atoms with Crippen LogP contribution < -0.4 is 10.9 Å². The second-order valence-corrected chi connectivity index (χ2v) is 8.87. The molecule has 0 saturated carbocycles. The van der Waals surface area contributed by atoms with E-state index in [1.54, 1.807) is 30.3 Å². The molecule has 5 rings (SSSR count). The molecule has 0 aliphatic carbocycles. The third-order valence-electron chi connectivity index (χ3n) is 5.10. The number of hydrogen-bond donors (Lipinski definition) is 1. The number of halogens is 1. The first-order valence-electron chi connectivity index (χ1n) is 10.2. The molecule has 164 valence electrons. The maximum Gasteiger partial charge on any atom is 0.302 e. The van der Waals surface area contributed by atoms with E-state index in [2.05, 4.69) is 5.32 Å². The number of para-hydroxylation sites is 1. The first kappa shape index (κ1) is 21.3. The van der Waals surface area contributed by atoms with Crippen molar-refractivity contribution in [3.63, 3.8) is 0 Å². The summed E-state index contributed by atoms with van der Waals surface area (Å²) >= 11 is 7.18. The molecular weight excluding hydrogens is 458 g/mol. The lowest BCUT2D eigenvalue weighted by molar-refractivity contribution is -0.113. The van der Waals surface area contributed by atoms with Crippen LogP contribution in [0.4, 0.5) is 5.69 Å². The lowest BCUT2D eigenvalue weighted by atomic mass is 10.2. The van der Waals surface area contributed by atoms with Crippen molar-refractivity contribution >= 4 is 57.0 Å². The van der Waals surface area contributed by atoms with Gasteiger partial charge < -0.3 is 9.73 Å². The maximum absolute atomic E-state index is 13.5. The molecule has 0 unspecified atom stereocenters. The first-order valence-corrected chi connectivity index (χ1v) is 11.6. The summed E-state index contributed by atoms with van der Waals surface area (Å²) in [5.74, 6) is -0.171. The monoisotopic (exact) mass is 475 g/mol. The highest BCUT2D eigenvalue weighted by Crippen LogP contribution is 2.28. The molecule has 0 saturated heterocycles. The molecule has 0 bridgehead atoms. The Morgan fingerprint density at radius 1 is 1.09 bits per heavy atom. The maximum atomic E-state index is 13.5. The minimum absolute atomic E-state index is 0.0616. The van der Waals surface area contributed by atoms with E-state index in [0.29, 0.717) is 32.7 Å². The van der Waals surface area contributed by atoms with Crippen LogP contribution in [0.15, 0.2) is 87.2 Å². The minimum atomic E-state index is -0.321. The molecule has 0 aliphatic rings. The van der Waals surface area contributed by atoms with Crippen LogP contribution in [-0.2, 0) is 4.79 Å². The Kier molecular flexibility index (Phi) is 5.66. The van der Waals surface area contributed by atoms with E-state index in [9.17, 15) is 9.59 Å². The van der Waals surface area contributed by atoms with E-state index in [1.165, 1.54) is 16.3 Å². The first-order chi connectivity index (χ1) is 16.0. The Labute approximate surface area is 198 Å². The Bertz CT molecular complexity index is 1560. The summed E-state index contributed by atoms with van der Waals surface area (Å²) in [7, 11) is 0. The van der Waals surface area contributed by atoms with Crippen molar-refractivity contribution in [2.45, 2.75) is 12.1 Å². The van der Waals surface area contributed by atoms with Crippen LogP contribution in [0.3, 0.4) is 0 Å². The van der Waals surface area contributed by atoms with Crippen LogP contribution in [0.2, 0.25) is 5.02 Å². The van der Waals surface area contributed by atoms with Gasteiger partial charge in [0.05, 0.1) is 11.4 Å². The molecular formula is C25H18ClN3O3S. The number of hydrogen-bond acceptors (Lipinski definition) is 5. The van der Waals surface area contributed by atoms with Gasteiger partial charge in [-0.05, 0) is 49.4 Å². The van der Waals surface area contributed by atoms with E-state index >= 15 is 0 Å². The standard InChI is InChI=1S/C25H18ClN3O3S/c1-15-9-11-18(12-10-15)29-24(31)23-22(19-7-2-3-8-20(19)32-23)28-25(29)33-14-21(30)27-17-6-4-5-16(26)13-17/h2-13H,14H2,1H3,(H,27,30). The number of nitrogens with one attached hydrogen (secondary N) is 1. The number of fused-ring (bicyclic) bond motifs is 3. The average molecular weight is 476 g/mol. The van der Waals surface area contributed by atoms with Crippen molar-refractivity contribution < 1.29 is 9.21 Å². The van der Waals surface area contributed by atoms with Crippen LogP contribution in [0, 0.1) is 6.92 Å². The Morgan fingerprint density at radius 2 is 1.88 bits per heavy atom. The predicted molar refractivity (Wildman–Crippen MR) is 133 cm³/mol. The molecule has 0 fully saturated rings. The zero-order valence-electron chi connectivity index (χ0n) is 17.5. The van der Waals surface area contributed by atoms with Gasteiger partial charge in [0, 0.05) is 16.1 Å². The fraction of sp³-hybridized carbons (Fsp3) is 0.0800. The third-order valence-corrected chi connectivity index (χ3v) is 6.27. The molecule has 0 atom stereocenters. The largest absolute Gasteiger partial charge is 0.448 e. The Balaban J connectivity index is 1.56. The van der Waals surface area contributed by atoms with E-state index in [0.717, 1.165) is 10.9 Å². The summed E-state index contributed by atoms with van der Waals surface area (Å²) in [5, 5.41) is 4.52. The second-order valence-electron chi connectivity index (χ2n) is 7.49. The Morgan fingerprint density at radius 3 is 2.67 bits per heavy atom. The molecule has 0 radical (unpaired) electrons.